The van der Waals surface area contributed by atoms with E-state index in [0.717, 1.165) is 0 Å². The molecule has 0 bridgehead atoms. The molecule has 0 amide bonds. The molecule has 0 aliphatic heterocycles. The summed E-state index contributed by atoms with van der Waals surface area (Å²) in [6.07, 6.45) is 0. The van der Waals surface area contributed by atoms with Crippen LogP contribution in [0.5, 0.6) is 0 Å². The Labute approximate surface area is 322 Å². The van der Waals surface area contributed by atoms with Crippen molar-refractivity contribution in [2.45, 2.75) is 26.3 Å². The molecule has 0 radical (unpaired) electrons. The highest BCUT2D eigenvalue weighted by molar-refractivity contribution is 6.21. The average Bonchev–Trinajstić information content (AvgIpc) is 3.58. The molecule has 1 heterocycles. The lowest BCUT2D eigenvalue weighted by Crippen LogP contribution is -2.21. The summed E-state index contributed by atoms with van der Waals surface area (Å²) in [5, 5.41) is 7.66. The molecule has 55 heavy (non-hydrogen) atoms. The fraction of sp³-hybridized carbons (Fsp3) is 0.0741. The van der Waals surface area contributed by atoms with Gasteiger partial charge in [-0.05, 0) is 116 Å². The number of hydrogen-bond acceptors (Lipinski definition) is 0. The Morgan fingerprint density at radius 2 is 0.600 bits per heavy atom. The Balaban J connectivity index is 1.04. The molecule has 10 aromatic rings. The number of para-hydroxylation sites is 1. The van der Waals surface area contributed by atoms with Crippen molar-refractivity contribution >= 4 is 43.4 Å². The SMILES string of the molecule is CC(C)(C)n1c2ccccc2c2cc(-c3ccc(-c4c5ccccc5c(-c5ccc(-c6ccc(-c7ccccc7)cc6)cc5)c5ccccc45)cc3)ccc21. The highest BCUT2D eigenvalue weighted by Crippen LogP contribution is 2.44. The number of hydrogen-bond donors (Lipinski definition) is 0. The van der Waals surface area contributed by atoms with Gasteiger partial charge >= 0.3 is 0 Å². The maximum atomic E-state index is 2.48. The van der Waals surface area contributed by atoms with Crippen molar-refractivity contribution < 1.29 is 0 Å². The predicted molar refractivity (Wildman–Crippen MR) is 237 cm³/mol. The van der Waals surface area contributed by atoms with Crippen LogP contribution in [0.4, 0.5) is 0 Å². The summed E-state index contributed by atoms with van der Waals surface area (Å²) < 4.78 is 2.48. The summed E-state index contributed by atoms with van der Waals surface area (Å²) >= 11 is 0. The van der Waals surface area contributed by atoms with E-state index in [9.17, 15) is 0 Å². The number of fused-ring (bicyclic) bond motifs is 5. The lowest BCUT2D eigenvalue weighted by molar-refractivity contribution is 0.423. The third-order valence-corrected chi connectivity index (χ3v) is 11.3. The van der Waals surface area contributed by atoms with Crippen molar-refractivity contribution in [3.63, 3.8) is 0 Å². The largest absolute Gasteiger partial charge is 0.335 e. The van der Waals surface area contributed by atoms with Crippen molar-refractivity contribution in [3.05, 3.63) is 194 Å². The normalized spacial score (nSPS) is 11.9. The third-order valence-electron chi connectivity index (χ3n) is 11.3. The van der Waals surface area contributed by atoms with Crippen LogP contribution < -0.4 is 0 Å². The summed E-state index contributed by atoms with van der Waals surface area (Å²) in [5.41, 5.74) is 14.9. The highest BCUT2D eigenvalue weighted by atomic mass is 15.0. The van der Waals surface area contributed by atoms with E-state index in [1.54, 1.807) is 0 Å². The minimum Gasteiger partial charge on any atom is -0.335 e. The number of benzene rings is 9. The smallest absolute Gasteiger partial charge is 0.0496 e. The summed E-state index contributed by atoms with van der Waals surface area (Å²) in [7, 11) is 0. The van der Waals surface area contributed by atoms with E-state index in [4.69, 9.17) is 0 Å². The van der Waals surface area contributed by atoms with Crippen molar-refractivity contribution in [2.24, 2.45) is 0 Å². The van der Waals surface area contributed by atoms with Gasteiger partial charge in [0.2, 0.25) is 0 Å². The zero-order valence-electron chi connectivity index (χ0n) is 31.4. The third kappa shape index (κ3) is 5.63. The topological polar surface area (TPSA) is 4.93 Å². The van der Waals surface area contributed by atoms with Gasteiger partial charge in [-0.2, -0.15) is 0 Å². The second kappa shape index (κ2) is 13.0. The molecule has 1 heteroatoms. The van der Waals surface area contributed by atoms with Gasteiger partial charge in [0.15, 0.2) is 0 Å². The first-order valence-electron chi connectivity index (χ1n) is 19.3. The van der Waals surface area contributed by atoms with E-state index < -0.39 is 0 Å². The Bertz CT molecular complexity index is 2960. The first-order valence-corrected chi connectivity index (χ1v) is 19.3. The van der Waals surface area contributed by atoms with Gasteiger partial charge in [0, 0.05) is 27.3 Å². The van der Waals surface area contributed by atoms with Crippen LogP contribution in [0.1, 0.15) is 20.8 Å². The Morgan fingerprint density at radius 3 is 1.05 bits per heavy atom. The summed E-state index contributed by atoms with van der Waals surface area (Å²) in [4.78, 5) is 0. The van der Waals surface area contributed by atoms with Gasteiger partial charge in [-0.3, -0.25) is 0 Å². The lowest BCUT2D eigenvalue weighted by atomic mass is 9.85. The molecule has 0 atom stereocenters. The molecule has 0 spiro atoms. The molecule has 10 rings (SSSR count). The second-order valence-corrected chi connectivity index (χ2v) is 15.7. The van der Waals surface area contributed by atoms with Gasteiger partial charge in [0.1, 0.15) is 0 Å². The van der Waals surface area contributed by atoms with Gasteiger partial charge in [-0.25, -0.2) is 0 Å². The van der Waals surface area contributed by atoms with Crippen LogP contribution in [0, 0.1) is 0 Å². The molecule has 1 nitrogen and oxygen atoms in total. The minimum atomic E-state index is -0.0229. The number of rotatable bonds is 5. The van der Waals surface area contributed by atoms with Crippen molar-refractivity contribution in [2.75, 3.05) is 0 Å². The molecule has 0 N–H and O–H groups in total. The Hall–Kier alpha value is -6.70. The first kappa shape index (κ1) is 32.9. The van der Waals surface area contributed by atoms with E-state index in [1.165, 1.54) is 99.0 Å². The number of aromatic nitrogens is 1. The molecule has 0 saturated heterocycles. The van der Waals surface area contributed by atoms with E-state index in [1.807, 2.05) is 0 Å². The van der Waals surface area contributed by atoms with E-state index >= 15 is 0 Å². The molecular weight excluding hydrogens is 663 g/mol. The molecule has 9 aromatic carbocycles. The molecule has 1 aromatic heterocycles. The fourth-order valence-electron chi connectivity index (χ4n) is 8.77. The van der Waals surface area contributed by atoms with Crippen LogP contribution in [0.3, 0.4) is 0 Å². The molecule has 0 fully saturated rings. The Morgan fingerprint density at radius 1 is 0.273 bits per heavy atom. The van der Waals surface area contributed by atoms with Gasteiger partial charge in [-0.15, -0.1) is 0 Å². The summed E-state index contributed by atoms with van der Waals surface area (Å²) in [6.45, 7) is 6.86. The van der Waals surface area contributed by atoms with Crippen LogP contribution >= 0.6 is 0 Å². The zero-order valence-corrected chi connectivity index (χ0v) is 31.4. The molecule has 0 unspecified atom stereocenters. The van der Waals surface area contributed by atoms with Crippen molar-refractivity contribution in [1.82, 2.24) is 4.57 Å². The summed E-state index contributed by atoms with van der Waals surface area (Å²) in [5.74, 6) is 0. The van der Waals surface area contributed by atoms with Gasteiger partial charge in [-0.1, -0.05) is 176 Å². The second-order valence-electron chi connectivity index (χ2n) is 15.7. The predicted octanol–water partition coefficient (Wildman–Crippen LogP) is 15.2. The standard InChI is InChI=1S/C54H41N/c1-54(2,3)55-50-20-12-11-15-44(50)49-35-43(33-34-51(49)55)40-27-31-42(32-28-40)53-47-18-9-7-16-45(47)52(46-17-8-10-19-48(46)53)41-29-25-39(26-30-41)38-23-21-37(22-24-38)36-13-5-4-6-14-36/h4-35H,1-3H3. The quantitative estimate of drug-likeness (QED) is 0.157. The molecule has 0 aliphatic carbocycles. The first-order chi connectivity index (χ1) is 26.9. The monoisotopic (exact) mass is 703 g/mol. The van der Waals surface area contributed by atoms with E-state index in [0.29, 0.717) is 0 Å². The maximum Gasteiger partial charge on any atom is 0.0496 e. The van der Waals surface area contributed by atoms with Crippen LogP contribution in [0.25, 0.3) is 99.0 Å². The molecule has 0 aliphatic rings. The fourth-order valence-corrected chi connectivity index (χ4v) is 8.77. The van der Waals surface area contributed by atoms with E-state index in [2.05, 4.69) is 219 Å². The average molecular weight is 704 g/mol. The maximum absolute atomic E-state index is 2.48. The zero-order chi connectivity index (χ0) is 37.1. The van der Waals surface area contributed by atoms with E-state index in [-0.39, 0.29) is 5.54 Å². The van der Waals surface area contributed by atoms with Crippen LogP contribution in [0.15, 0.2) is 194 Å². The van der Waals surface area contributed by atoms with Crippen molar-refractivity contribution in [1.29, 1.82) is 0 Å². The number of nitrogens with zero attached hydrogens (tertiary/aromatic N) is 1. The Kier molecular flexibility index (Phi) is 7.78. The molecular formula is C54H41N. The van der Waals surface area contributed by atoms with Crippen LogP contribution in [-0.4, -0.2) is 4.57 Å². The van der Waals surface area contributed by atoms with Crippen LogP contribution in [-0.2, 0) is 5.54 Å². The highest BCUT2D eigenvalue weighted by Gasteiger charge is 2.21. The minimum absolute atomic E-state index is 0.0229. The van der Waals surface area contributed by atoms with Crippen LogP contribution in [0.2, 0.25) is 0 Å². The lowest BCUT2D eigenvalue weighted by Gasteiger charge is -2.24. The van der Waals surface area contributed by atoms with Gasteiger partial charge in [0.25, 0.3) is 0 Å². The molecule has 262 valence electrons. The molecule has 0 saturated carbocycles. The summed E-state index contributed by atoms with van der Waals surface area (Å²) in [6, 6.07) is 71.4. The van der Waals surface area contributed by atoms with Crippen molar-refractivity contribution in [3.8, 4) is 55.6 Å². The van der Waals surface area contributed by atoms with Gasteiger partial charge < -0.3 is 4.57 Å². The van der Waals surface area contributed by atoms with Gasteiger partial charge in [0.05, 0.1) is 0 Å².